The van der Waals surface area contributed by atoms with Gasteiger partial charge in [0.05, 0.1) is 0 Å². The Labute approximate surface area is 90.0 Å². The first-order chi connectivity index (χ1) is 6.72. The van der Waals surface area contributed by atoms with Gasteiger partial charge in [0.1, 0.15) is 6.10 Å². The van der Waals surface area contributed by atoms with Gasteiger partial charge in [0, 0.05) is 10.0 Å². The van der Waals surface area contributed by atoms with Gasteiger partial charge in [0.15, 0.2) is 11.5 Å². The van der Waals surface area contributed by atoms with Gasteiger partial charge in [-0.15, -0.1) is 0 Å². The summed E-state index contributed by atoms with van der Waals surface area (Å²) in [6, 6.07) is 3.72. The van der Waals surface area contributed by atoms with E-state index >= 15 is 0 Å². The van der Waals surface area contributed by atoms with E-state index in [4.69, 9.17) is 20.2 Å². The number of fused-ring (bicyclic) bond motifs is 1. The molecule has 2 rings (SSSR count). The predicted molar refractivity (Wildman–Crippen MR) is 54.0 cm³/mol. The van der Waals surface area contributed by atoms with E-state index in [0.717, 1.165) is 21.5 Å². The van der Waals surface area contributed by atoms with Crippen molar-refractivity contribution in [2.45, 2.75) is 13.0 Å². The highest BCUT2D eigenvalue weighted by Gasteiger charge is 2.19. The Kier molecular flexibility index (Phi) is 2.62. The lowest BCUT2D eigenvalue weighted by molar-refractivity contribution is 0.0658. The average Bonchev–Trinajstić information content (AvgIpc) is 2.62. The van der Waals surface area contributed by atoms with Gasteiger partial charge in [-0.3, -0.25) is 4.84 Å². The van der Waals surface area contributed by atoms with E-state index in [2.05, 4.69) is 15.9 Å². The van der Waals surface area contributed by atoms with Crippen LogP contribution >= 0.6 is 15.9 Å². The maximum atomic E-state index is 5.25. The fraction of sp³-hybridized carbons (Fsp3) is 0.333. The summed E-state index contributed by atoms with van der Waals surface area (Å²) in [7, 11) is 0. The topological polar surface area (TPSA) is 53.7 Å². The molecule has 0 aliphatic carbocycles. The maximum Gasteiger partial charge on any atom is 0.231 e. The molecule has 0 spiro atoms. The minimum atomic E-state index is -0.182. The molecule has 1 aliphatic heterocycles. The van der Waals surface area contributed by atoms with Crippen LogP contribution in [-0.4, -0.2) is 6.79 Å². The molecule has 0 saturated heterocycles. The Morgan fingerprint density at radius 1 is 1.43 bits per heavy atom. The van der Waals surface area contributed by atoms with Crippen molar-refractivity contribution in [3.05, 3.63) is 22.2 Å². The molecule has 5 heteroatoms. The maximum absolute atomic E-state index is 5.25. The fourth-order valence-electron chi connectivity index (χ4n) is 1.32. The first-order valence-electron chi connectivity index (χ1n) is 4.17. The molecule has 0 fully saturated rings. The van der Waals surface area contributed by atoms with Gasteiger partial charge in [-0.2, -0.15) is 0 Å². The van der Waals surface area contributed by atoms with Gasteiger partial charge >= 0.3 is 0 Å². The lowest BCUT2D eigenvalue weighted by Crippen LogP contribution is -2.05. The Balaban J connectivity index is 2.42. The van der Waals surface area contributed by atoms with Crippen LogP contribution in [0.2, 0.25) is 0 Å². The van der Waals surface area contributed by atoms with Crippen molar-refractivity contribution in [3.63, 3.8) is 0 Å². The highest BCUT2D eigenvalue weighted by molar-refractivity contribution is 9.10. The summed E-state index contributed by atoms with van der Waals surface area (Å²) >= 11 is 3.42. The summed E-state index contributed by atoms with van der Waals surface area (Å²) in [6.45, 7) is 2.13. The number of nitrogens with two attached hydrogens (primary N) is 1. The zero-order valence-corrected chi connectivity index (χ0v) is 9.21. The van der Waals surface area contributed by atoms with E-state index in [-0.39, 0.29) is 12.9 Å². The smallest absolute Gasteiger partial charge is 0.231 e. The lowest BCUT2D eigenvalue weighted by atomic mass is 10.1. The molecule has 1 aromatic rings. The van der Waals surface area contributed by atoms with Crippen molar-refractivity contribution < 1.29 is 14.3 Å². The minimum absolute atomic E-state index is 0.182. The van der Waals surface area contributed by atoms with Crippen LogP contribution in [0.25, 0.3) is 0 Å². The molecule has 76 valence electrons. The monoisotopic (exact) mass is 259 g/mol. The predicted octanol–water partition coefficient (Wildman–Crippen LogP) is 2.13. The average molecular weight is 260 g/mol. The second-order valence-electron chi connectivity index (χ2n) is 3.01. The van der Waals surface area contributed by atoms with Gasteiger partial charge in [-0.1, -0.05) is 15.9 Å². The van der Waals surface area contributed by atoms with Gasteiger partial charge in [0.2, 0.25) is 6.79 Å². The third kappa shape index (κ3) is 1.58. The molecule has 4 nitrogen and oxygen atoms in total. The SMILES string of the molecule is CC(ON)c1cc2c(cc1Br)OCO2. The lowest BCUT2D eigenvalue weighted by Gasteiger charge is -2.11. The Hall–Kier alpha value is -0.780. The molecule has 14 heavy (non-hydrogen) atoms. The number of halogens is 1. The van der Waals surface area contributed by atoms with Crippen LogP contribution in [0.15, 0.2) is 16.6 Å². The highest BCUT2D eigenvalue weighted by atomic mass is 79.9. The molecule has 2 N–H and O–H groups in total. The van der Waals surface area contributed by atoms with Crippen molar-refractivity contribution in [1.29, 1.82) is 0 Å². The molecule has 0 aromatic heterocycles. The van der Waals surface area contributed by atoms with Crippen LogP contribution in [0.3, 0.4) is 0 Å². The first-order valence-corrected chi connectivity index (χ1v) is 4.96. The van der Waals surface area contributed by atoms with Crippen molar-refractivity contribution in [2.75, 3.05) is 6.79 Å². The summed E-state index contributed by atoms with van der Waals surface area (Å²) in [5.74, 6) is 6.59. The van der Waals surface area contributed by atoms with E-state index in [1.165, 1.54) is 0 Å². The van der Waals surface area contributed by atoms with Crippen molar-refractivity contribution in [3.8, 4) is 11.5 Å². The Morgan fingerprint density at radius 3 is 2.71 bits per heavy atom. The zero-order valence-electron chi connectivity index (χ0n) is 7.62. The molecule has 0 bridgehead atoms. The van der Waals surface area contributed by atoms with E-state index < -0.39 is 0 Å². The molecule has 1 unspecified atom stereocenters. The molecule has 1 aliphatic rings. The quantitative estimate of drug-likeness (QED) is 0.827. The van der Waals surface area contributed by atoms with Gasteiger partial charge < -0.3 is 9.47 Å². The van der Waals surface area contributed by atoms with Gasteiger partial charge in [0.25, 0.3) is 0 Å². The molecule has 1 atom stereocenters. The molecular formula is C9H10BrNO3. The number of hydrogen-bond donors (Lipinski definition) is 1. The molecule has 0 radical (unpaired) electrons. The molecule has 1 heterocycles. The second kappa shape index (κ2) is 3.76. The number of ether oxygens (including phenoxy) is 2. The van der Waals surface area contributed by atoms with Crippen LogP contribution in [0, 0.1) is 0 Å². The molecule has 1 aromatic carbocycles. The van der Waals surface area contributed by atoms with Crippen LogP contribution < -0.4 is 15.4 Å². The van der Waals surface area contributed by atoms with E-state index in [0.29, 0.717) is 0 Å². The van der Waals surface area contributed by atoms with E-state index in [1.807, 2.05) is 19.1 Å². The molecule has 0 amide bonds. The van der Waals surface area contributed by atoms with Gasteiger partial charge in [-0.25, -0.2) is 5.90 Å². The standard InChI is InChI=1S/C9H10BrNO3/c1-5(14-11)6-2-8-9(3-7(6)10)13-4-12-8/h2-3,5H,4,11H2,1H3. The van der Waals surface area contributed by atoms with Gasteiger partial charge in [-0.05, 0) is 19.1 Å². The van der Waals surface area contributed by atoms with E-state index in [1.54, 1.807) is 0 Å². The van der Waals surface area contributed by atoms with Crippen LogP contribution in [0.5, 0.6) is 11.5 Å². The summed E-state index contributed by atoms with van der Waals surface area (Å²) in [5.41, 5.74) is 0.941. The van der Waals surface area contributed by atoms with E-state index in [9.17, 15) is 0 Å². The fourth-order valence-corrected chi connectivity index (χ4v) is 1.96. The van der Waals surface area contributed by atoms with Crippen molar-refractivity contribution in [2.24, 2.45) is 5.90 Å². The summed E-state index contributed by atoms with van der Waals surface area (Å²) in [4.78, 5) is 4.75. The third-order valence-electron chi connectivity index (χ3n) is 2.13. The second-order valence-corrected chi connectivity index (χ2v) is 3.86. The summed E-state index contributed by atoms with van der Waals surface area (Å²) < 4.78 is 11.4. The first kappa shape index (κ1) is 9.76. The number of benzene rings is 1. The molecular weight excluding hydrogens is 250 g/mol. The van der Waals surface area contributed by atoms with Crippen LogP contribution in [-0.2, 0) is 4.84 Å². The van der Waals surface area contributed by atoms with Crippen LogP contribution in [0.4, 0.5) is 0 Å². The Morgan fingerprint density at radius 2 is 2.07 bits per heavy atom. The Bertz CT molecular complexity index is 356. The van der Waals surface area contributed by atoms with Crippen molar-refractivity contribution in [1.82, 2.24) is 0 Å². The highest BCUT2D eigenvalue weighted by Crippen LogP contribution is 2.39. The normalized spacial score (nSPS) is 15.6. The molecule has 0 saturated carbocycles. The zero-order chi connectivity index (χ0) is 10.1. The minimum Gasteiger partial charge on any atom is -0.454 e. The largest absolute Gasteiger partial charge is 0.454 e. The third-order valence-corrected chi connectivity index (χ3v) is 2.82. The van der Waals surface area contributed by atoms with Crippen molar-refractivity contribution >= 4 is 15.9 Å². The number of hydrogen-bond acceptors (Lipinski definition) is 4. The summed E-state index contributed by atoms with van der Waals surface area (Å²) in [6.07, 6.45) is -0.182. The van der Waals surface area contributed by atoms with Crippen LogP contribution in [0.1, 0.15) is 18.6 Å². The number of rotatable bonds is 2. The summed E-state index contributed by atoms with van der Waals surface area (Å²) in [5, 5.41) is 0.